The molecule has 0 unspecified atom stereocenters. The van der Waals surface area contributed by atoms with Crippen molar-refractivity contribution in [2.45, 2.75) is 11.8 Å². The maximum Gasteiger partial charge on any atom is 0.293 e. The lowest BCUT2D eigenvalue weighted by Crippen LogP contribution is -2.31. The third-order valence-electron chi connectivity index (χ3n) is 6.39. The van der Waals surface area contributed by atoms with Gasteiger partial charge in [0, 0.05) is 5.41 Å². The summed E-state index contributed by atoms with van der Waals surface area (Å²) in [6.45, 7) is 0.482. The molecule has 1 aliphatic rings. The number of hydrogen-bond acceptors (Lipinski definition) is 4. The van der Waals surface area contributed by atoms with Crippen molar-refractivity contribution in [2.24, 2.45) is 0 Å². The largest absolute Gasteiger partial charge is 0.494 e. The first-order valence-electron chi connectivity index (χ1n) is 11.6. The molecule has 1 heterocycles. The Morgan fingerprint density at radius 3 is 1.60 bits per heavy atom. The minimum atomic E-state index is -0.380. The van der Waals surface area contributed by atoms with Crippen LogP contribution in [0.3, 0.4) is 0 Å². The van der Waals surface area contributed by atoms with Gasteiger partial charge in [0.25, 0.3) is 5.24 Å². The minimum Gasteiger partial charge on any atom is -0.494 e. The highest BCUT2D eigenvalue weighted by molar-refractivity contribution is 8.15. The summed E-state index contributed by atoms with van der Waals surface area (Å²) in [5, 5.41) is -0.234. The van der Waals surface area contributed by atoms with Crippen molar-refractivity contribution in [1.82, 2.24) is 0 Å². The van der Waals surface area contributed by atoms with Gasteiger partial charge in [-0.2, -0.15) is 0 Å². The molecule has 5 heteroatoms. The minimum absolute atomic E-state index is 0.188. The van der Waals surface area contributed by atoms with Gasteiger partial charge in [0.15, 0.2) is 0 Å². The van der Waals surface area contributed by atoms with Crippen LogP contribution in [-0.2, 0) is 10.2 Å². The van der Waals surface area contributed by atoms with Crippen LogP contribution in [0.25, 0.3) is 0 Å². The highest BCUT2D eigenvalue weighted by atomic mass is 32.2. The lowest BCUT2D eigenvalue weighted by molar-refractivity contribution is -0.115. The van der Waals surface area contributed by atoms with E-state index in [0.29, 0.717) is 18.0 Å². The molecule has 5 rings (SSSR count). The van der Waals surface area contributed by atoms with E-state index in [4.69, 9.17) is 4.74 Å². The number of carbonyl (C=O) groups excluding carboxylic acids is 2. The molecule has 0 bridgehead atoms. The van der Waals surface area contributed by atoms with Gasteiger partial charge in [-0.15, -0.1) is 0 Å². The molecule has 0 radical (unpaired) electrons. The molecule has 0 aromatic heterocycles. The first-order chi connectivity index (χ1) is 17.2. The number of imide groups is 1. The molecule has 4 aromatic rings. The van der Waals surface area contributed by atoms with Gasteiger partial charge < -0.3 is 4.74 Å². The van der Waals surface area contributed by atoms with Gasteiger partial charge in [-0.05, 0) is 47.4 Å². The predicted molar refractivity (Wildman–Crippen MR) is 141 cm³/mol. The van der Waals surface area contributed by atoms with Crippen LogP contribution in [0.5, 0.6) is 5.75 Å². The zero-order chi connectivity index (χ0) is 24.1. The first-order valence-corrected chi connectivity index (χ1v) is 12.6. The molecule has 1 aliphatic heterocycles. The summed E-state index contributed by atoms with van der Waals surface area (Å²) >= 11 is 1.03. The average molecular weight is 480 g/mol. The topological polar surface area (TPSA) is 46.6 Å². The van der Waals surface area contributed by atoms with Crippen LogP contribution in [0, 0.1) is 0 Å². The third-order valence-corrected chi connectivity index (χ3v) is 7.21. The lowest BCUT2D eigenvalue weighted by Gasteiger charge is -2.36. The van der Waals surface area contributed by atoms with Crippen LogP contribution in [0.15, 0.2) is 115 Å². The number of thioether (sulfide) groups is 1. The van der Waals surface area contributed by atoms with Crippen molar-refractivity contribution in [3.05, 3.63) is 132 Å². The zero-order valence-electron chi connectivity index (χ0n) is 19.2. The fraction of sp³-hybridized carbons (Fsp3) is 0.133. The van der Waals surface area contributed by atoms with Crippen molar-refractivity contribution in [1.29, 1.82) is 0 Å². The third kappa shape index (κ3) is 4.60. The molecule has 1 saturated heterocycles. The van der Waals surface area contributed by atoms with Crippen LogP contribution in [0.1, 0.15) is 23.1 Å². The first kappa shape index (κ1) is 22.9. The molecule has 0 spiro atoms. The number of ether oxygens (including phenoxy) is 1. The number of rotatable bonds is 8. The SMILES string of the molecule is O=C1CSC(=O)N1c1ccc(OCCC(c2ccccc2)(c2ccccc2)c2ccccc2)cc1. The summed E-state index contributed by atoms with van der Waals surface area (Å²) in [6, 6.07) is 38.8. The number of carbonyl (C=O) groups is 2. The summed E-state index contributed by atoms with van der Waals surface area (Å²) in [4.78, 5) is 25.2. The summed E-state index contributed by atoms with van der Waals surface area (Å²) in [6.07, 6.45) is 0.729. The van der Waals surface area contributed by atoms with Gasteiger partial charge in [0.2, 0.25) is 5.91 Å². The molecule has 4 aromatic carbocycles. The number of amides is 2. The number of nitrogens with zero attached hydrogens (tertiary/aromatic N) is 1. The van der Waals surface area contributed by atoms with E-state index in [-0.39, 0.29) is 22.3 Å². The number of hydrogen-bond donors (Lipinski definition) is 0. The van der Waals surface area contributed by atoms with Gasteiger partial charge in [-0.1, -0.05) is 103 Å². The molecule has 174 valence electrons. The molecule has 4 nitrogen and oxygen atoms in total. The van der Waals surface area contributed by atoms with E-state index in [1.54, 1.807) is 12.1 Å². The van der Waals surface area contributed by atoms with E-state index in [1.807, 2.05) is 30.3 Å². The van der Waals surface area contributed by atoms with E-state index in [2.05, 4.69) is 72.8 Å². The molecular formula is C30H25NO3S. The van der Waals surface area contributed by atoms with Crippen LogP contribution >= 0.6 is 11.8 Å². The average Bonchev–Trinajstić information content (AvgIpc) is 3.26. The van der Waals surface area contributed by atoms with Crippen LogP contribution in [0.4, 0.5) is 10.5 Å². The van der Waals surface area contributed by atoms with E-state index < -0.39 is 0 Å². The van der Waals surface area contributed by atoms with E-state index in [9.17, 15) is 9.59 Å². The molecule has 0 aliphatic carbocycles. The van der Waals surface area contributed by atoms with Crippen molar-refractivity contribution in [3.8, 4) is 5.75 Å². The summed E-state index contributed by atoms with van der Waals surface area (Å²) < 4.78 is 6.20. The Morgan fingerprint density at radius 1 is 0.686 bits per heavy atom. The Balaban J connectivity index is 1.43. The maximum absolute atomic E-state index is 12.0. The van der Waals surface area contributed by atoms with Gasteiger partial charge in [-0.3, -0.25) is 9.59 Å². The Labute approximate surface area is 209 Å². The summed E-state index contributed by atoms with van der Waals surface area (Å²) in [5.41, 5.74) is 3.82. The van der Waals surface area contributed by atoms with Gasteiger partial charge in [0.05, 0.1) is 18.0 Å². The maximum atomic E-state index is 12.0. The van der Waals surface area contributed by atoms with Gasteiger partial charge in [0.1, 0.15) is 5.75 Å². The van der Waals surface area contributed by atoms with E-state index in [0.717, 1.165) is 18.2 Å². The molecule has 0 saturated carbocycles. The second kappa shape index (κ2) is 10.2. The van der Waals surface area contributed by atoms with Crippen LogP contribution in [0.2, 0.25) is 0 Å². The quantitative estimate of drug-likeness (QED) is 0.264. The second-order valence-corrected chi connectivity index (χ2v) is 9.31. The van der Waals surface area contributed by atoms with Crippen molar-refractivity contribution in [2.75, 3.05) is 17.3 Å². The predicted octanol–water partition coefficient (Wildman–Crippen LogP) is 6.69. The normalized spacial score (nSPS) is 13.8. The summed E-state index contributed by atoms with van der Waals surface area (Å²) in [7, 11) is 0. The summed E-state index contributed by atoms with van der Waals surface area (Å²) in [5.74, 6) is 0.702. The number of benzene rings is 4. The fourth-order valence-corrected chi connectivity index (χ4v) is 5.43. The fourth-order valence-electron chi connectivity index (χ4n) is 4.72. The van der Waals surface area contributed by atoms with Crippen LogP contribution in [-0.4, -0.2) is 23.5 Å². The highest BCUT2D eigenvalue weighted by Gasteiger charge is 2.36. The Morgan fingerprint density at radius 2 is 1.17 bits per heavy atom. The molecule has 35 heavy (non-hydrogen) atoms. The smallest absolute Gasteiger partial charge is 0.293 e. The van der Waals surface area contributed by atoms with E-state index in [1.165, 1.54) is 21.6 Å². The molecular weight excluding hydrogens is 454 g/mol. The molecule has 1 fully saturated rings. The van der Waals surface area contributed by atoms with Crippen molar-refractivity contribution >= 4 is 28.6 Å². The van der Waals surface area contributed by atoms with Gasteiger partial charge in [-0.25, -0.2) is 4.90 Å². The highest BCUT2D eigenvalue weighted by Crippen LogP contribution is 2.42. The molecule has 0 N–H and O–H groups in total. The number of anilines is 1. The Bertz CT molecular complexity index is 1180. The standard InChI is InChI=1S/C30H25NO3S/c32-28-22-35-29(33)31(28)26-16-18-27(19-17-26)34-21-20-30(23-10-4-1-5-11-23,24-12-6-2-7-13-24)25-14-8-3-9-15-25/h1-19H,20-22H2. The Hall–Kier alpha value is -3.83. The molecule has 0 atom stereocenters. The van der Waals surface area contributed by atoms with Crippen molar-refractivity contribution in [3.63, 3.8) is 0 Å². The van der Waals surface area contributed by atoms with Crippen molar-refractivity contribution < 1.29 is 14.3 Å². The van der Waals surface area contributed by atoms with Gasteiger partial charge >= 0.3 is 0 Å². The van der Waals surface area contributed by atoms with Crippen LogP contribution < -0.4 is 9.64 Å². The van der Waals surface area contributed by atoms with E-state index >= 15 is 0 Å². The second-order valence-electron chi connectivity index (χ2n) is 8.38. The Kier molecular flexibility index (Phi) is 6.68. The lowest BCUT2D eigenvalue weighted by atomic mass is 9.67. The monoisotopic (exact) mass is 479 g/mol. The molecule has 2 amide bonds. The zero-order valence-corrected chi connectivity index (χ0v) is 20.0.